The summed E-state index contributed by atoms with van der Waals surface area (Å²) in [5, 5.41) is 18.1. The summed E-state index contributed by atoms with van der Waals surface area (Å²) in [4.78, 5) is 0. The number of aliphatic hydroxyl groups excluding tert-OH is 1. The van der Waals surface area contributed by atoms with E-state index < -0.39 is 0 Å². The Labute approximate surface area is 136 Å². The zero-order valence-electron chi connectivity index (χ0n) is 13.4. The van der Waals surface area contributed by atoms with E-state index in [4.69, 9.17) is 4.42 Å². The van der Waals surface area contributed by atoms with Crippen LogP contribution >= 0.6 is 0 Å². The molecule has 1 unspecified atom stereocenters. The number of nitrogens with zero attached hydrogens (tertiary/aromatic N) is 2. The first-order chi connectivity index (χ1) is 11.3. The number of aromatic nitrogens is 2. The predicted octanol–water partition coefficient (Wildman–Crippen LogP) is 2.28. The van der Waals surface area contributed by atoms with Gasteiger partial charge in [0.15, 0.2) is 0 Å². The second-order valence-corrected chi connectivity index (χ2v) is 6.99. The van der Waals surface area contributed by atoms with Crippen molar-refractivity contribution < 1.29 is 9.52 Å². The molecule has 23 heavy (non-hydrogen) atoms. The summed E-state index contributed by atoms with van der Waals surface area (Å²) in [5.74, 6) is 2.67. The molecular formula is C18H25N3O2. The first kappa shape index (κ1) is 15.0. The number of hydrogen-bond donors (Lipinski definition) is 2. The summed E-state index contributed by atoms with van der Waals surface area (Å²) in [6.45, 7) is 1.60. The Kier molecular flexibility index (Phi) is 4.23. The smallest absolute Gasteiger partial charge is 0.118 e. The molecule has 3 atom stereocenters. The molecule has 124 valence electrons. The second kappa shape index (κ2) is 6.49. The molecule has 2 aliphatic carbocycles. The fourth-order valence-corrected chi connectivity index (χ4v) is 4.03. The Balaban J connectivity index is 1.31. The molecule has 5 nitrogen and oxygen atoms in total. The molecule has 0 spiro atoms. The van der Waals surface area contributed by atoms with Gasteiger partial charge < -0.3 is 14.8 Å². The first-order valence-corrected chi connectivity index (χ1v) is 8.77. The van der Waals surface area contributed by atoms with Gasteiger partial charge >= 0.3 is 0 Å². The zero-order chi connectivity index (χ0) is 15.6. The molecule has 0 bridgehead atoms. The van der Waals surface area contributed by atoms with E-state index in [0.29, 0.717) is 12.5 Å². The largest absolute Gasteiger partial charge is 0.464 e. The van der Waals surface area contributed by atoms with E-state index in [0.717, 1.165) is 38.0 Å². The maximum Gasteiger partial charge on any atom is 0.118 e. The van der Waals surface area contributed by atoms with Crippen LogP contribution in [0, 0.1) is 5.92 Å². The minimum atomic E-state index is -0.278. The van der Waals surface area contributed by atoms with Crippen molar-refractivity contribution in [3.8, 4) is 0 Å². The third kappa shape index (κ3) is 3.35. The normalized spacial score (nSPS) is 27.3. The molecule has 0 amide bonds. The van der Waals surface area contributed by atoms with Gasteiger partial charge in [0, 0.05) is 31.4 Å². The van der Waals surface area contributed by atoms with E-state index in [-0.39, 0.29) is 12.1 Å². The van der Waals surface area contributed by atoms with E-state index in [2.05, 4.69) is 16.5 Å². The van der Waals surface area contributed by atoms with Crippen molar-refractivity contribution in [2.24, 2.45) is 5.92 Å². The molecular weight excluding hydrogens is 290 g/mol. The predicted molar refractivity (Wildman–Crippen MR) is 86.9 cm³/mol. The van der Waals surface area contributed by atoms with Crippen LogP contribution in [-0.2, 0) is 25.9 Å². The lowest BCUT2D eigenvalue weighted by Gasteiger charge is -2.15. The van der Waals surface area contributed by atoms with E-state index in [9.17, 15) is 5.11 Å². The summed E-state index contributed by atoms with van der Waals surface area (Å²) in [7, 11) is 0. The van der Waals surface area contributed by atoms with Crippen LogP contribution in [0.3, 0.4) is 0 Å². The molecule has 1 fully saturated rings. The van der Waals surface area contributed by atoms with E-state index >= 15 is 0 Å². The molecule has 1 saturated carbocycles. The van der Waals surface area contributed by atoms with E-state index in [1.165, 1.54) is 24.2 Å². The SMILES string of the molecule is O[C@@H]1CC(Cn2cccn2)C[C@H]1NCc1cc2c(o1)CCCC2. The highest BCUT2D eigenvalue weighted by Gasteiger charge is 2.33. The average Bonchev–Trinajstić information content (AvgIpc) is 3.25. The first-order valence-electron chi connectivity index (χ1n) is 8.77. The number of fused-ring (bicyclic) bond motifs is 1. The number of nitrogens with one attached hydrogen (secondary N) is 1. The van der Waals surface area contributed by atoms with Crippen LogP contribution in [0.2, 0.25) is 0 Å². The fraction of sp³-hybridized carbons (Fsp3) is 0.611. The van der Waals surface area contributed by atoms with Crippen molar-refractivity contribution in [1.29, 1.82) is 0 Å². The third-order valence-electron chi connectivity index (χ3n) is 5.22. The molecule has 2 aliphatic rings. The standard InChI is InChI=1S/C18H25N3O2/c22-17-9-13(12-21-7-3-6-20-21)8-16(17)19-11-15-10-14-4-1-2-5-18(14)23-15/h3,6-7,10,13,16-17,19,22H,1-2,4-5,8-9,11-12H2/t13?,16-,17-/m1/s1. The maximum atomic E-state index is 10.3. The number of hydrogen-bond acceptors (Lipinski definition) is 4. The number of rotatable bonds is 5. The Bertz CT molecular complexity index is 611. The summed E-state index contributed by atoms with van der Waals surface area (Å²) in [5.41, 5.74) is 1.39. The van der Waals surface area contributed by atoms with Gasteiger partial charge in [0.05, 0.1) is 12.6 Å². The van der Waals surface area contributed by atoms with Crippen LogP contribution in [0.15, 0.2) is 28.9 Å². The minimum absolute atomic E-state index is 0.151. The average molecular weight is 315 g/mol. The summed E-state index contributed by atoms with van der Waals surface area (Å²) in [6.07, 6.45) is 10.1. The molecule has 2 N–H and O–H groups in total. The van der Waals surface area contributed by atoms with Gasteiger partial charge in [0.25, 0.3) is 0 Å². The number of furan rings is 1. The van der Waals surface area contributed by atoms with Gasteiger partial charge in [-0.2, -0.15) is 5.10 Å². The monoisotopic (exact) mass is 315 g/mol. The molecule has 2 aromatic rings. The summed E-state index contributed by atoms with van der Waals surface area (Å²) in [6, 6.07) is 4.29. The molecule has 2 aromatic heterocycles. The lowest BCUT2D eigenvalue weighted by atomic mass is 9.99. The van der Waals surface area contributed by atoms with Crippen LogP contribution in [0.1, 0.15) is 42.8 Å². The van der Waals surface area contributed by atoms with Gasteiger partial charge in [-0.05, 0) is 55.7 Å². The highest BCUT2D eigenvalue weighted by molar-refractivity contribution is 5.24. The Morgan fingerprint density at radius 2 is 2.22 bits per heavy atom. The minimum Gasteiger partial charge on any atom is -0.464 e. The van der Waals surface area contributed by atoms with E-state index in [1.807, 2.05) is 16.9 Å². The third-order valence-corrected chi connectivity index (χ3v) is 5.22. The lowest BCUT2D eigenvalue weighted by molar-refractivity contribution is 0.144. The van der Waals surface area contributed by atoms with Gasteiger partial charge in [-0.25, -0.2) is 0 Å². The van der Waals surface area contributed by atoms with Crippen molar-refractivity contribution in [2.45, 2.75) is 63.8 Å². The van der Waals surface area contributed by atoms with Crippen LogP contribution in [0.25, 0.3) is 0 Å². The van der Waals surface area contributed by atoms with Gasteiger partial charge in [-0.1, -0.05) is 0 Å². The zero-order valence-corrected chi connectivity index (χ0v) is 13.4. The van der Waals surface area contributed by atoms with Crippen molar-refractivity contribution >= 4 is 0 Å². The van der Waals surface area contributed by atoms with Crippen molar-refractivity contribution in [3.05, 3.63) is 41.6 Å². The van der Waals surface area contributed by atoms with Crippen LogP contribution in [0.5, 0.6) is 0 Å². The van der Waals surface area contributed by atoms with Crippen LogP contribution in [-0.4, -0.2) is 27.0 Å². The van der Waals surface area contributed by atoms with Crippen LogP contribution in [0.4, 0.5) is 0 Å². The Hall–Kier alpha value is -1.59. The quantitative estimate of drug-likeness (QED) is 0.888. The molecule has 4 rings (SSSR count). The molecule has 2 heterocycles. The second-order valence-electron chi connectivity index (χ2n) is 6.99. The molecule has 5 heteroatoms. The Morgan fingerprint density at radius 1 is 1.30 bits per heavy atom. The Morgan fingerprint density at radius 3 is 3.04 bits per heavy atom. The highest BCUT2D eigenvalue weighted by atomic mass is 16.3. The number of aliphatic hydroxyl groups is 1. The van der Waals surface area contributed by atoms with Gasteiger partial charge in [0.2, 0.25) is 0 Å². The van der Waals surface area contributed by atoms with Gasteiger partial charge in [-0.15, -0.1) is 0 Å². The van der Waals surface area contributed by atoms with Gasteiger partial charge in [0.1, 0.15) is 11.5 Å². The molecule has 0 saturated heterocycles. The maximum absolute atomic E-state index is 10.3. The molecule has 0 radical (unpaired) electrons. The number of aryl methyl sites for hydroxylation is 2. The molecule has 0 aromatic carbocycles. The summed E-state index contributed by atoms with van der Waals surface area (Å²) < 4.78 is 7.91. The van der Waals surface area contributed by atoms with E-state index in [1.54, 1.807) is 6.20 Å². The highest BCUT2D eigenvalue weighted by Crippen LogP contribution is 2.28. The van der Waals surface area contributed by atoms with Crippen molar-refractivity contribution in [2.75, 3.05) is 0 Å². The fourth-order valence-electron chi connectivity index (χ4n) is 4.03. The topological polar surface area (TPSA) is 63.2 Å². The van der Waals surface area contributed by atoms with Crippen LogP contribution < -0.4 is 5.32 Å². The van der Waals surface area contributed by atoms with Crippen molar-refractivity contribution in [3.63, 3.8) is 0 Å². The molecule has 0 aliphatic heterocycles. The van der Waals surface area contributed by atoms with Gasteiger partial charge in [-0.3, -0.25) is 4.68 Å². The lowest BCUT2D eigenvalue weighted by Crippen LogP contribution is -2.35. The summed E-state index contributed by atoms with van der Waals surface area (Å²) >= 11 is 0. The van der Waals surface area contributed by atoms with Crippen molar-refractivity contribution in [1.82, 2.24) is 15.1 Å².